The van der Waals surface area contributed by atoms with E-state index in [9.17, 15) is 21.6 Å². The molecule has 1 saturated heterocycles. The first-order valence-corrected chi connectivity index (χ1v) is 9.77. The lowest BCUT2D eigenvalue weighted by Crippen LogP contribution is -2.48. The van der Waals surface area contributed by atoms with Gasteiger partial charge in [-0.15, -0.1) is 0 Å². The van der Waals surface area contributed by atoms with Crippen LogP contribution in [0.1, 0.15) is 17.3 Å². The summed E-state index contributed by atoms with van der Waals surface area (Å²) in [6.45, 7) is 2.81. The molecule has 0 bridgehead atoms. The van der Waals surface area contributed by atoms with E-state index >= 15 is 0 Å². The van der Waals surface area contributed by atoms with Crippen LogP contribution >= 0.6 is 11.6 Å². The maximum Gasteiger partial charge on any atom is 0.417 e. The van der Waals surface area contributed by atoms with Crippen LogP contribution in [0.3, 0.4) is 0 Å². The molecule has 1 aliphatic rings. The van der Waals surface area contributed by atoms with Crippen molar-refractivity contribution in [2.45, 2.75) is 24.5 Å². The molecule has 2 heterocycles. The molecular formula is C15H16ClF3N4O3S. The van der Waals surface area contributed by atoms with Crippen molar-refractivity contribution in [3.8, 4) is 0 Å². The number of piperazine rings is 1. The monoisotopic (exact) mass is 424 g/mol. The summed E-state index contributed by atoms with van der Waals surface area (Å²) >= 11 is 5.62. The third-order valence-electron chi connectivity index (χ3n) is 4.13. The Hall–Kier alpha value is -1.69. The summed E-state index contributed by atoms with van der Waals surface area (Å²) in [4.78, 5) is 5.19. The van der Waals surface area contributed by atoms with Crippen LogP contribution < -0.4 is 0 Å². The van der Waals surface area contributed by atoms with Gasteiger partial charge in [0.1, 0.15) is 0 Å². The molecule has 148 valence electrons. The van der Waals surface area contributed by atoms with Gasteiger partial charge < -0.3 is 4.52 Å². The molecule has 1 aliphatic heterocycles. The lowest BCUT2D eigenvalue weighted by molar-refractivity contribution is -0.139. The highest BCUT2D eigenvalue weighted by molar-refractivity contribution is 7.89. The van der Waals surface area contributed by atoms with Crippen molar-refractivity contribution in [3.05, 3.63) is 40.5 Å². The van der Waals surface area contributed by atoms with Crippen LogP contribution in [-0.4, -0.2) is 53.9 Å². The fourth-order valence-corrected chi connectivity index (χ4v) is 4.61. The van der Waals surface area contributed by atoms with Crippen LogP contribution in [0.5, 0.6) is 0 Å². The van der Waals surface area contributed by atoms with E-state index in [1.54, 1.807) is 6.92 Å². The summed E-state index contributed by atoms with van der Waals surface area (Å²) in [5, 5.41) is 3.60. The minimum Gasteiger partial charge on any atom is -0.340 e. The van der Waals surface area contributed by atoms with Crippen molar-refractivity contribution in [3.63, 3.8) is 0 Å². The zero-order valence-electron chi connectivity index (χ0n) is 14.2. The smallest absolute Gasteiger partial charge is 0.340 e. The quantitative estimate of drug-likeness (QED) is 0.750. The van der Waals surface area contributed by atoms with E-state index in [0.717, 1.165) is 16.4 Å². The second-order valence-corrected chi connectivity index (χ2v) is 8.39. The molecule has 1 aromatic carbocycles. The molecule has 12 heteroatoms. The Morgan fingerprint density at radius 2 is 1.89 bits per heavy atom. The van der Waals surface area contributed by atoms with Crippen LogP contribution in [0, 0.1) is 6.92 Å². The maximum absolute atomic E-state index is 13.3. The Bertz CT molecular complexity index is 925. The molecule has 1 aromatic heterocycles. The molecule has 27 heavy (non-hydrogen) atoms. The molecular weight excluding hydrogens is 409 g/mol. The summed E-state index contributed by atoms with van der Waals surface area (Å²) < 4.78 is 71.2. The number of benzene rings is 1. The Kier molecular flexibility index (Phi) is 5.48. The number of aromatic nitrogens is 2. The van der Waals surface area contributed by atoms with Gasteiger partial charge in [-0.05, 0) is 18.2 Å². The summed E-state index contributed by atoms with van der Waals surface area (Å²) in [5.74, 6) is 0.898. The largest absolute Gasteiger partial charge is 0.417 e. The van der Waals surface area contributed by atoms with Gasteiger partial charge in [0.25, 0.3) is 0 Å². The van der Waals surface area contributed by atoms with Crippen molar-refractivity contribution in [1.29, 1.82) is 0 Å². The molecule has 2 aromatic rings. The van der Waals surface area contributed by atoms with Gasteiger partial charge in [0.2, 0.25) is 15.9 Å². The molecule has 0 saturated carbocycles. The fourth-order valence-electron chi connectivity index (χ4n) is 2.82. The van der Waals surface area contributed by atoms with Gasteiger partial charge in [-0.25, -0.2) is 8.42 Å². The molecule has 7 nitrogen and oxygen atoms in total. The Morgan fingerprint density at radius 1 is 1.22 bits per heavy atom. The number of rotatable bonds is 4. The highest BCUT2D eigenvalue weighted by Crippen LogP contribution is 2.37. The van der Waals surface area contributed by atoms with E-state index in [2.05, 4.69) is 10.1 Å². The number of alkyl halides is 3. The predicted octanol–water partition coefficient (Wildman–Crippen LogP) is 2.56. The Balaban J connectivity index is 1.76. The van der Waals surface area contributed by atoms with Crippen molar-refractivity contribution in [2.75, 3.05) is 26.2 Å². The SMILES string of the molecule is Cc1nc(CN2CCN(S(=O)(=O)c3ccc(Cl)cc3C(F)(F)F)CC2)no1. The lowest BCUT2D eigenvalue weighted by atomic mass is 10.2. The summed E-state index contributed by atoms with van der Waals surface area (Å²) in [6.07, 6.45) is -4.83. The third-order valence-corrected chi connectivity index (χ3v) is 6.32. The number of halogens is 4. The first kappa shape index (κ1) is 20.1. The van der Waals surface area contributed by atoms with E-state index in [-0.39, 0.29) is 18.1 Å². The maximum atomic E-state index is 13.3. The van der Waals surface area contributed by atoms with Gasteiger partial charge in [-0.1, -0.05) is 16.8 Å². The summed E-state index contributed by atoms with van der Waals surface area (Å²) in [6, 6.07) is 2.66. The molecule has 0 aliphatic carbocycles. The van der Waals surface area contributed by atoms with E-state index in [4.69, 9.17) is 16.1 Å². The first-order chi connectivity index (χ1) is 12.6. The van der Waals surface area contributed by atoms with Gasteiger partial charge >= 0.3 is 6.18 Å². The summed E-state index contributed by atoms with van der Waals surface area (Å²) in [7, 11) is -4.31. The Morgan fingerprint density at radius 3 is 2.44 bits per heavy atom. The van der Waals surface area contributed by atoms with Gasteiger partial charge in [-0.2, -0.15) is 22.5 Å². The van der Waals surface area contributed by atoms with Crippen molar-refractivity contribution in [2.24, 2.45) is 0 Å². The Labute approximate surface area is 158 Å². The minimum atomic E-state index is -4.83. The van der Waals surface area contributed by atoms with Gasteiger partial charge in [-0.3, -0.25) is 4.90 Å². The number of sulfonamides is 1. The highest BCUT2D eigenvalue weighted by Gasteiger charge is 2.40. The summed E-state index contributed by atoms with van der Waals surface area (Å²) in [5.41, 5.74) is -1.26. The van der Waals surface area contributed by atoms with Crippen LogP contribution in [0.15, 0.2) is 27.6 Å². The van der Waals surface area contributed by atoms with Crippen molar-refractivity contribution >= 4 is 21.6 Å². The van der Waals surface area contributed by atoms with Crippen LogP contribution in [-0.2, 0) is 22.7 Å². The molecule has 0 atom stereocenters. The number of hydrogen-bond donors (Lipinski definition) is 0. The molecule has 0 unspecified atom stereocenters. The molecule has 0 radical (unpaired) electrons. The number of hydrogen-bond acceptors (Lipinski definition) is 6. The first-order valence-electron chi connectivity index (χ1n) is 7.96. The number of aryl methyl sites for hydroxylation is 1. The highest BCUT2D eigenvalue weighted by atomic mass is 35.5. The third kappa shape index (κ3) is 4.42. The average molecular weight is 425 g/mol. The molecule has 0 N–H and O–H groups in total. The van der Waals surface area contributed by atoms with Crippen molar-refractivity contribution in [1.82, 2.24) is 19.3 Å². The van der Waals surface area contributed by atoms with Crippen LogP contribution in [0.4, 0.5) is 13.2 Å². The van der Waals surface area contributed by atoms with Gasteiger partial charge in [0.15, 0.2) is 5.82 Å². The predicted molar refractivity (Wildman–Crippen MR) is 89.5 cm³/mol. The zero-order valence-corrected chi connectivity index (χ0v) is 15.8. The molecule has 3 rings (SSSR count). The topological polar surface area (TPSA) is 79.5 Å². The second-order valence-electron chi connectivity index (χ2n) is 6.05. The van der Waals surface area contributed by atoms with Crippen LogP contribution in [0.2, 0.25) is 5.02 Å². The normalized spacial score (nSPS) is 17.4. The van der Waals surface area contributed by atoms with Gasteiger partial charge in [0, 0.05) is 38.1 Å². The second kappa shape index (κ2) is 7.38. The van der Waals surface area contributed by atoms with Crippen molar-refractivity contribution < 1.29 is 26.1 Å². The lowest BCUT2D eigenvalue weighted by Gasteiger charge is -2.33. The molecule has 0 spiro atoms. The molecule has 0 amide bonds. The fraction of sp³-hybridized carbons (Fsp3) is 0.467. The minimum absolute atomic E-state index is 0.0547. The zero-order chi connectivity index (χ0) is 19.8. The molecule has 1 fully saturated rings. The van der Waals surface area contributed by atoms with E-state index in [1.807, 2.05) is 4.90 Å². The standard InChI is InChI=1S/C15H16ClF3N4O3S/c1-10-20-14(21-26-10)9-22-4-6-23(7-5-22)27(24,25)13-3-2-11(16)8-12(13)15(17,18)19/h2-3,8H,4-7,9H2,1H3. The van der Waals surface area contributed by atoms with E-state index in [1.165, 1.54) is 0 Å². The average Bonchev–Trinajstić information content (AvgIpc) is 2.99. The van der Waals surface area contributed by atoms with E-state index < -0.39 is 26.7 Å². The van der Waals surface area contributed by atoms with E-state index in [0.29, 0.717) is 37.4 Å². The van der Waals surface area contributed by atoms with Gasteiger partial charge in [0.05, 0.1) is 17.0 Å². The van der Waals surface area contributed by atoms with Crippen LogP contribution in [0.25, 0.3) is 0 Å². The number of nitrogens with zero attached hydrogens (tertiary/aromatic N) is 4.